The fraction of sp³-hybridized carbons (Fsp3) is 0.571. The van der Waals surface area contributed by atoms with E-state index in [0.717, 1.165) is 12.8 Å². The lowest BCUT2D eigenvalue weighted by molar-refractivity contribution is 0.168. The number of fused-ring (bicyclic) bond motifs is 2. The maximum atomic E-state index is 13.7. The highest BCUT2D eigenvalue weighted by atomic mass is 19.2. The Bertz CT molecular complexity index is 534. The first-order valence-electron chi connectivity index (χ1n) is 6.90. The van der Waals surface area contributed by atoms with E-state index in [4.69, 9.17) is 0 Å². The summed E-state index contributed by atoms with van der Waals surface area (Å²) >= 11 is 0. The normalized spacial score (nSPS) is 29.0. The minimum absolute atomic E-state index is 0.285. The van der Waals surface area contributed by atoms with Gasteiger partial charge in [-0.3, -0.25) is 0 Å². The molecule has 2 heterocycles. The van der Waals surface area contributed by atoms with Crippen molar-refractivity contribution in [3.05, 3.63) is 29.1 Å². The number of nitrogens with zero attached hydrogens (tertiary/aromatic N) is 1. The SMILES string of the molecule is CN1C2CCC1CC(Nc1c(F)c(F)c(F)c(F)c1F)C2. The molecule has 2 fully saturated rings. The van der Waals surface area contributed by atoms with Crippen molar-refractivity contribution in [3.8, 4) is 0 Å². The lowest BCUT2D eigenvalue weighted by Crippen LogP contribution is -2.44. The number of hydrogen-bond donors (Lipinski definition) is 1. The molecule has 2 bridgehead atoms. The van der Waals surface area contributed by atoms with Gasteiger partial charge in [0.05, 0.1) is 0 Å². The highest BCUT2D eigenvalue weighted by Gasteiger charge is 2.39. The van der Waals surface area contributed by atoms with E-state index in [-0.39, 0.29) is 6.04 Å². The van der Waals surface area contributed by atoms with E-state index in [9.17, 15) is 22.0 Å². The van der Waals surface area contributed by atoms with Gasteiger partial charge in [0, 0.05) is 18.1 Å². The van der Waals surface area contributed by atoms with Crippen LogP contribution in [0.5, 0.6) is 0 Å². The van der Waals surface area contributed by atoms with E-state index in [2.05, 4.69) is 10.2 Å². The van der Waals surface area contributed by atoms with Gasteiger partial charge >= 0.3 is 0 Å². The third kappa shape index (κ3) is 2.27. The molecule has 0 aromatic heterocycles. The summed E-state index contributed by atoms with van der Waals surface area (Å²) in [5, 5.41) is 2.52. The van der Waals surface area contributed by atoms with Gasteiger partial charge < -0.3 is 10.2 Å². The Hall–Kier alpha value is -1.37. The molecule has 116 valence electrons. The largest absolute Gasteiger partial charge is 0.377 e. The summed E-state index contributed by atoms with van der Waals surface area (Å²) in [5.74, 6) is -9.53. The van der Waals surface area contributed by atoms with Gasteiger partial charge in [-0.15, -0.1) is 0 Å². The van der Waals surface area contributed by atoms with Gasteiger partial charge in [-0.05, 0) is 32.7 Å². The van der Waals surface area contributed by atoms with Crippen LogP contribution in [-0.4, -0.2) is 30.1 Å². The second-order valence-corrected chi connectivity index (χ2v) is 5.81. The molecule has 2 unspecified atom stereocenters. The second-order valence-electron chi connectivity index (χ2n) is 5.81. The van der Waals surface area contributed by atoms with Gasteiger partial charge in [-0.1, -0.05) is 0 Å². The van der Waals surface area contributed by atoms with Crippen LogP contribution < -0.4 is 5.32 Å². The number of benzene rings is 1. The average molecular weight is 306 g/mol. The van der Waals surface area contributed by atoms with E-state index < -0.39 is 34.8 Å². The maximum absolute atomic E-state index is 13.7. The number of anilines is 1. The smallest absolute Gasteiger partial charge is 0.200 e. The Morgan fingerprint density at radius 1 is 0.810 bits per heavy atom. The molecule has 2 atom stereocenters. The predicted octanol–water partition coefficient (Wildman–Crippen LogP) is 3.42. The number of halogens is 5. The molecular weight excluding hydrogens is 291 g/mol. The fourth-order valence-electron chi connectivity index (χ4n) is 3.47. The summed E-state index contributed by atoms with van der Waals surface area (Å²) in [7, 11) is 2.00. The number of rotatable bonds is 2. The minimum atomic E-state index is -2.13. The number of nitrogens with one attached hydrogen (secondary N) is 1. The molecule has 21 heavy (non-hydrogen) atoms. The molecule has 0 radical (unpaired) electrons. The highest BCUT2D eigenvalue weighted by molar-refractivity contribution is 5.48. The van der Waals surface area contributed by atoms with Crippen LogP contribution >= 0.6 is 0 Å². The average Bonchev–Trinajstić information content (AvgIpc) is 2.69. The topological polar surface area (TPSA) is 15.3 Å². The Morgan fingerprint density at radius 2 is 1.24 bits per heavy atom. The lowest BCUT2D eigenvalue weighted by Gasteiger charge is -2.37. The third-order valence-electron chi connectivity index (χ3n) is 4.66. The molecule has 2 aliphatic heterocycles. The summed E-state index contributed by atoms with van der Waals surface area (Å²) in [4.78, 5) is 2.22. The van der Waals surface area contributed by atoms with Crippen LogP contribution in [0.25, 0.3) is 0 Å². The van der Waals surface area contributed by atoms with Crippen molar-refractivity contribution >= 4 is 5.69 Å². The van der Waals surface area contributed by atoms with E-state index in [0.29, 0.717) is 24.9 Å². The van der Waals surface area contributed by atoms with Crippen molar-refractivity contribution < 1.29 is 22.0 Å². The van der Waals surface area contributed by atoms with Gasteiger partial charge in [0.1, 0.15) is 5.69 Å². The van der Waals surface area contributed by atoms with Crippen LogP contribution in [-0.2, 0) is 0 Å². The van der Waals surface area contributed by atoms with Crippen LogP contribution in [0.4, 0.5) is 27.6 Å². The van der Waals surface area contributed by atoms with Gasteiger partial charge in [0.25, 0.3) is 0 Å². The zero-order valence-corrected chi connectivity index (χ0v) is 11.4. The first-order valence-corrected chi connectivity index (χ1v) is 6.90. The highest BCUT2D eigenvalue weighted by Crippen LogP contribution is 2.36. The Kier molecular flexibility index (Phi) is 3.55. The predicted molar refractivity (Wildman–Crippen MR) is 67.4 cm³/mol. The molecule has 7 heteroatoms. The third-order valence-corrected chi connectivity index (χ3v) is 4.66. The molecule has 0 aliphatic carbocycles. The van der Waals surface area contributed by atoms with Crippen molar-refractivity contribution in [2.75, 3.05) is 12.4 Å². The summed E-state index contributed by atoms with van der Waals surface area (Å²) in [6, 6.07) is 0.303. The van der Waals surface area contributed by atoms with E-state index in [1.54, 1.807) is 0 Å². The zero-order valence-electron chi connectivity index (χ0n) is 11.4. The molecule has 2 aliphatic rings. The summed E-state index contributed by atoms with van der Waals surface area (Å²) in [5.41, 5.74) is -0.916. The molecular formula is C14H15F5N2. The molecule has 2 saturated heterocycles. The molecule has 2 nitrogen and oxygen atoms in total. The zero-order chi connectivity index (χ0) is 15.3. The van der Waals surface area contributed by atoms with Crippen LogP contribution in [0.3, 0.4) is 0 Å². The molecule has 3 rings (SSSR count). The second kappa shape index (κ2) is 5.12. The first-order chi connectivity index (χ1) is 9.90. The van der Waals surface area contributed by atoms with Crippen molar-refractivity contribution in [2.45, 2.75) is 43.8 Å². The summed E-state index contributed by atoms with van der Waals surface area (Å²) < 4.78 is 66.7. The van der Waals surface area contributed by atoms with Crippen molar-refractivity contribution in [1.82, 2.24) is 4.90 Å². The standard InChI is InChI=1S/C14H15F5N2/c1-21-7-2-3-8(21)5-6(4-7)20-14-12(18)10(16)9(15)11(17)13(14)19/h6-8,20H,2-5H2,1H3. The molecule has 1 aromatic rings. The number of piperidine rings is 1. The summed E-state index contributed by atoms with van der Waals surface area (Å²) in [6.45, 7) is 0. The van der Waals surface area contributed by atoms with Gasteiger partial charge in [-0.25, -0.2) is 22.0 Å². The van der Waals surface area contributed by atoms with E-state index in [1.165, 1.54) is 0 Å². The van der Waals surface area contributed by atoms with E-state index in [1.807, 2.05) is 7.05 Å². The molecule has 1 N–H and O–H groups in total. The van der Waals surface area contributed by atoms with Crippen LogP contribution in [0, 0.1) is 29.1 Å². The van der Waals surface area contributed by atoms with Gasteiger partial charge in [0.2, 0.25) is 5.82 Å². The van der Waals surface area contributed by atoms with Crippen molar-refractivity contribution in [3.63, 3.8) is 0 Å². The fourth-order valence-corrected chi connectivity index (χ4v) is 3.47. The molecule has 0 spiro atoms. The van der Waals surface area contributed by atoms with E-state index >= 15 is 0 Å². The Labute approximate surface area is 118 Å². The Morgan fingerprint density at radius 3 is 1.71 bits per heavy atom. The lowest BCUT2D eigenvalue weighted by atomic mass is 9.97. The first kappa shape index (κ1) is 14.6. The van der Waals surface area contributed by atoms with Crippen LogP contribution in [0.2, 0.25) is 0 Å². The molecule has 0 saturated carbocycles. The molecule has 1 aromatic carbocycles. The van der Waals surface area contributed by atoms with Crippen LogP contribution in [0.1, 0.15) is 25.7 Å². The van der Waals surface area contributed by atoms with Crippen molar-refractivity contribution in [1.29, 1.82) is 0 Å². The van der Waals surface area contributed by atoms with Crippen LogP contribution in [0.15, 0.2) is 0 Å². The molecule has 0 amide bonds. The maximum Gasteiger partial charge on any atom is 0.200 e. The minimum Gasteiger partial charge on any atom is -0.377 e. The monoisotopic (exact) mass is 306 g/mol. The number of hydrogen-bond acceptors (Lipinski definition) is 2. The van der Waals surface area contributed by atoms with Gasteiger partial charge in [-0.2, -0.15) is 0 Å². The Balaban J connectivity index is 1.86. The summed E-state index contributed by atoms with van der Waals surface area (Å²) in [6.07, 6.45) is 3.26. The quantitative estimate of drug-likeness (QED) is 0.512. The van der Waals surface area contributed by atoms with Gasteiger partial charge in [0.15, 0.2) is 23.3 Å². The van der Waals surface area contributed by atoms with Crippen molar-refractivity contribution in [2.24, 2.45) is 0 Å².